The lowest BCUT2D eigenvalue weighted by atomic mass is 9.92. The van der Waals surface area contributed by atoms with E-state index >= 15 is 0 Å². The number of halogens is 4. The predicted molar refractivity (Wildman–Crippen MR) is 198 cm³/mol. The highest BCUT2D eigenvalue weighted by molar-refractivity contribution is 6.39. The van der Waals surface area contributed by atoms with Crippen LogP contribution in [0, 0.1) is 0 Å². The van der Waals surface area contributed by atoms with Crippen LogP contribution in [-0.2, 0) is 24.9 Å². The number of fused-ring (bicyclic) bond motifs is 1. The van der Waals surface area contributed by atoms with Gasteiger partial charge in [-0.3, -0.25) is 9.78 Å². The van der Waals surface area contributed by atoms with Crippen LogP contribution < -0.4 is 20.7 Å². The largest absolute Gasteiger partial charge is 0.496 e. The van der Waals surface area contributed by atoms with Crippen LogP contribution >= 0.6 is 23.2 Å². The SMILES string of the molecule is COc1cc(-c2nccc(-c3cccc(-c4ccc5c(CNC6CCC(F)(F)CC6)cn(C)c5n4)c3Cl)c2Cl)ccc1CNC[C@H]1CCC(=O)N1. The van der Waals surface area contributed by atoms with Gasteiger partial charge >= 0.3 is 0 Å². The van der Waals surface area contributed by atoms with Crippen molar-refractivity contribution in [2.45, 2.75) is 69.6 Å². The first-order valence-electron chi connectivity index (χ1n) is 17.3. The topological polar surface area (TPSA) is 93.1 Å². The van der Waals surface area contributed by atoms with E-state index in [1.807, 2.05) is 72.4 Å². The third-order valence-corrected chi connectivity index (χ3v) is 10.8. The maximum atomic E-state index is 13.6. The summed E-state index contributed by atoms with van der Waals surface area (Å²) in [6.45, 7) is 1.86. The second-order valence-corrected chi connectivity index (χ2v) is 14.2. The minimum Gasteiger partial charge on any atom is -0.496 e. The number of ether oxygens (including phenoxy) is 1. The molecule has 1 aliphatic heterocycles. The van der Waals surface area contributed by atoms with Crippen molar-refractivity contribution in [2.24, 2.45) is 7.05 Å². The Morgan fingerprint density at radius 3 is 2.53 bits per heavy atom. The summed E-state index contributed by atoms with van der Waals surface area (Å²) in [5.41, 5.74) is 7.26. The molecule has 12 heteroatoms. The Bertz CT molecular complexity index is 2080. The van der Waals surface area contributed by atoms with Crippen molar-refractivity contribution >= 4 is 40.1 Å². The van der Waals surface area contributed by atoms with Gasteiger partial charge in [-0.15, -0.1) is 0 Å². The number of carbonyl (C=O) groups excluding carboxylic acids is 1. The fourth-order valence-corrected chi connectivity index (χ4v) is 7.81. The molecule has 5 aromatic rings. The van der Waals surface area contributed by atoms with Gasteiger partial charge in [-0.25, -0.2) is 13.8 Å². The van der Waals surface area contributed by atoms with E-state index in [1.165, 1.54) is 0 Å². The van der Waals surface area contributed by atoms with Crippen LogP contribution in [0.15, 0.2) is 67.0 Å². The van der Waals surface area contributed by atoms with Gasteiger partial charge in [0.1, 0.15) is 11.4 Å². The first kappa shape index (κ1) is 35.3. The molecule has 3 aromatic heterocycles. The summed E-state index contributed by atoms with van der Waals surface area (Å²) in [6.07, 6.45) is 5.98. The number of alkyl halides is 2. The minimum absolute atomic E-state index is 0.0679. The highest BCUT2D eigenvalue weighted by atomic mass is 35.5. The van der Waals surface area contributed by atoms with Crippen molar-refractivity contribution < 1.29 is 18.3 Å². The van der Waals surface area contributed by atoms with E-state index in [-0.39, 0.29) is 30.8 Å². The molecule has 1 saturated carbocycles. The van der Waals surface area contributed by atoms with Gasteiger partial charge in [0.2, 0.25) is 11.8 Å². The zero-order valence-electron chi connectivity index (χ0n) is 28.5. The maximum absolute atomic E-state index is 13.6. The van der Waals surface area contributed by atoms with E-state index in [0.29, 0.717) is 60.4 Å². The van der Waals surface area contributed by atoms with Gasteiger partial charge in [-0.1, -0.05) is 53.5 Å². The smallest absolute Gasteiger partial charge is 0.248 e. The second kappa shape index (κ2) is 14.9. The van der Waals surface area contributed by atoms with Crippen LogP contribution in [0.25, 0.3) is 44.7 Å². The van der Waals surface area contributed by atoms with Crippen molar-refractivity contribution in [2.75, 3.05) is 13.7 Å². The molecule has 0 unspecified atom stereocenters. The molecule has 0 bridgehead atoms. The molecule has 2 aromatic carbocycles. The molecule has 1 saturated heterocycles. The van der Waals surface area contributed by atoms with Crippen LogP contribution in [-0.4, -0.2) is 52.1 Å². The van der Waals surface area contributed by atoms with Crippen LogP contribution in [0.2, 0.25) is 10.0 Å². The Morgan fingerprint density at radius 2 is 1.76 bits per heavy atom. The number of aromatic nitrogens is 3. The summed E-state index contributed by atoms with van der Waals surface area (Å²) < 4.78 is 35.0. The van der Waals surface area contributed by atoms with Crippen LogP contribution in [0.3, 0.4) is 0 Å². The van der Waals surface area contributed by atoms with Crippen LogP contribution in [0.4, 0.5) is 8.78 Å². The summed E-state index contributed by atoms with van der Waals surface area (Å²) in [5, 5.41) is 11.9. The molecule has 7 rings (SSSR count). The Balaban J connectivity index is 1.11. The molecule has 4 heterocycles. The van der Waals surface area contributed by atoms with E-state index in [4.69, 9.17) is 32.9 Å². The number of benzene rings is 2. The number of aryl methyl sites for hydroxylation is 1. The van der Waals surface area contributed by atoms with Crippen molar-refractivity contribution in [1.29, 1.82) is 0 Å². The molecule has 1 aliphatic carbocycles. The van der Waals surface area contributed by atoms with Gasteiger partial charge in [0, 0.05) is 104 Å². The number of amides is 1. The molecule has 2 fully saturated rings. The fourth-order valence-electron chi connectivity index (χ4n) is 7.16. The van der Waals surface area contributed by atoms with E-state index in [2.05, 4.69) is 20.9 Å². The Labute approximate surface area is 305 Å². The molecule has 266 valence electrons. The number of rotatable bonds is 11. The highest BCUT2D eigenvalue weighted by Crippen LogP contribution is 2.42. The zero-order valence-corrected chi connectivity index (χ0v) is 30.1. The third-order valence-electron chi connectivity index (χ3n) is 10.0. The zero-order chi connectivity index (χ0) is 35.7. The maximum Gasteiger partial charge on any atom is 0.248 e. The quantitative estimate of drug-likeness (QED) is 0.127. The van der Waals surface area contributed by atoms with E-state index in [1.54, 1.807) is 13.3 Å². The first-order valence-corrected chi connectivity index (χ1v) is 18.0. The van der Waals surface area contributed by atoms with Crippen LogP contribution in [0.1, 0.15) is 49.7 Å². The summed E-state index contributed by atoms with van der Waals surface area (Å²) in [4.78, 5) is 21.2. The van der Waals surface area contributed by atoms with Gasteiger partial charge in [0.05, 0.1) is 28.5 Å². The monoisotopic (exact) mass is 732 g/mol. The lowest BCUT2D eigenvalue weighted by molar-refractivity contribution is -0.119. The molecular formula is C39H40Cl2F2N6O2. The Kier molecular flexibility index (Phi) is 10.3. The van der Waals surface area contributed by atoms with Gasteiger partial charge < -0.3 is 25.3 Å². The third kappa shape index (κ3) is 7.60. The standard InChI is InChI=1S/C39H40Cl2F2N6O2/c1-49-22-25(20-46-26-12-15-39(42,43)16-13-26)28-9-10-32(48-38(28)49)31-5-3-4-29(35(31)40)30-14-17-45-37(36(30)41)23-6-7-24(33(18-23)51-2)19-44-21-27-8-11-34(50)47-27/h3-7,9-10,14,17-18,22,26-27,44,46H,8,11-13,15-16,19-21H2,1-2H3,(H,47,50)/t27-/m1/s1. The molecule has 1 amide bonds. The van der Waals surface area contributed by atoms with Crippen molar-refractivity contribution in [1.82, 2.24) is 30.5 Å². The van der Waals surface area contributed by atoms with E-state index in [0.717, 1.165) is 56.5 Å². The summed E-state index contributed by atoms with van der Waals surface area (Å²) in [5.74, 6) is -1.74. The molecule has 51 heavy (non-hydrogen) atoms. The molecule has 2 aliphatic rings. The van der Waals surface area contributed by atoms with Gasteiger partial charge in [0.15, 0.2) is 0 Å². The lowest BCUT2D eigenvalue weighted by Gasteiger charge is -2.28. The summed E-state index contributed by atoms with van der Waals surface area (Å²) in [6, 6.07) is 17.8. The number of hydrogen-bond donors (Lipinski definition) is 3. The number of methoxy groups -OCH3 is 1. The molecule has 0 radical (unpaired) electrons. The number of nitrogens with one attached hydrogen (secondary N) is 3. The second-order valence-electron chi connectivity index (χ2n) is 13.5. The average molecular weight is 734 g/mol. The van der Waals surface area contributed by atoms with Gasteiger partial charge in [0.25, 0.3) is 0 Å². The predicted octanol–water partition coefficient (Wildman–Crippen LogP) is 8.32. The van der Waals surface area contributed by atoms with Gasteiger partial charge in [-0.2, -0.15) is 0 Å². The number of pyridine rings is 2. The van der Waals surface area contributed by atoms with Crippen molar-refractivity contribution in [3.63, 3.8) is 0 Å². The summed E-state index contributed by atoms with van der Waals surface area (Å²) in [7, 11) is 3.59. The molecule has 1 atom stereocenters. The molecular weight excluding hydrogens is 693 g/mol. The number of carbonyl (C=O) groups is 1. The highest BCUT2D eigenvalue weighted by Gasteiger charge is 2.34. The first-order chi connectivity index (χ1) is 24.6. The van der Waals surface area contributed by atoms with Gasteiger partial charge in [-0.05, 0) is 49.1 Å². The van der Waals surface area contributed by atoms with E-state index < -0.39 is 5.92 Å². The van der Waals surface area contributed by atoms with Crippen molar-refractivity contribution in [3.05, 3.63) is 88.2 Å². The molecule has 8 nitrogen and oxygen atoms in total. The van der Waals surface area contributed by atoms with Crippen molar-refractivity contribution in [3.8, 4) is 39.4 Å². The summed E-state index contributed by atoms with van der Waals surface area (Å²) >= 11 is 14.2. The number of hydrogen-bond acceptors (Lipinski definition) is 6. The lowest BCUT2D eigenvalue weighted by Crippen LogP contribution is -2.36. The van der Waals surface area contributed by atoms with E-state index in [9.17, 15) is 13.6 Å². The molecule has 3 N–H and O–H groups in total. The normalized spacial score (nSPS) is 17.6. The Morgan fingerprint density at radius 1 is 0.980 bits per heavy atom. The average Bonchev–Trinajstić information content (AvgIpc) is 3.69. The Hall–Kier alpha value is -4.09. The van der Waals surface area contributed by atoms with Crippen LogP contribution in [0.5, 0.6) is 5.75 Å². The fraction of sp³-hybridized carbons (Fsp3) is 0.359. The molecule has 0 spiro atoms. The number of nitrogens with zero attached hydrogens (tertiary/aromatic N) is 3. The minimum atomic E-state index is -2.54.